The number of aromatic carboxylic acids is 1. The van der Waals surface area contributed by atoms with Crippen LogP contribution in [-0.4, -0.2) is 64.2 Å². The van der Waals surface area contributed by atoms with Gasteiger partial charge in [-0.1, -0.05) is 0 Å². The molecule has 0 aliphatic carbocycles. The molecule has 2 heterocycles. The Kier molecular flexibility index (Phi) is 3.50. The van der Waals surface area contributed by atoms with E-state index in [1.165, 1.54) is 12.4 Å². The third kappa shape index (κ3) is 3.11. The van der Waals surface area contributed by atoms with Gasteiger partial charge in [-0.05, 0) is 7.05 Å². The molecule has 0 aromatic carbocycles. The molecule has 17 heavy (non-hydrogen) atoms. The first-order valence-electron chi connectivity index (χ1n) is 5.40. The number of nitrogens with zero attached hydrogens (tertiary/aromatic N) is 4. The van der Waals surface area contributed by atoms with Gasteiger partial charge >= 0.3 is 5.97 Å². The fourth-order valence-corrected chi connectivity index (χ4v) is 1.60. The van der Waals surface area contributed by atoms with E-state index in [4.69, 9.17) is 5.11 Å². The number of hydrogen-bond acceptors (Lipinski definition) is 6. The Morgan fingerprint density at radius 3 is 2.71 bits per heavy atom. The van der Waals surface area contributed by atoms with Gasteiger partial charge in [0.15, 0.2) is 11.5 Å². The van der Waals surface area contributed by atoms with Crippen molar-refractivity contribution in [2.75, 3.05) is 38.7 Å². The molecule has 1 fully saturated rings. The van der Waals surface area contributed by atoms with Gasteiger partial charge < -0.3 is 15.4 Å². The van der Waals surface area contributed by atoms with Crippen molar-refractivity contribution in [1.82, 2.24) is 19.9 Å². The molecule has 0 unspecified atom stereocenters. The summed E-state index contributed by atoms with van der Waals surface area (Å²) in [6, 6.07) is 0. The zero-order valence-corrected chi connectivity index (χ0v) is 9.63. The number of aromatic nitrogens is 2. The average Bonchev–Trinajstić information content (AvgIpc) is 2.32. The van der Waals surface area contributed by atoms with Gasteiger partial charge in [0.05, 0.1) is 12.4 Å². The summed E-state index contributed by atoms with van der Waals surface area (Å²) in [6.45, 7) is 3.68. The summed E-state index contributed by atoms with van der Waals surface area (Å²) < 4.78 is 0. The molecule has 7 heteroatoms. The molecule has 1 saturated heterocycles. The molecule has 0 radical (unpaired) electrons. The maximum atomic E-state index is 10.7. The Balaban J connectivity index is 1.98. The van der Waals surface area contributed by atoms with E-state index in [1.54, 1.807) is 0 Å². The Labute approximate surface area is 99.0 Å². The maximum absolute atomic E-state index is 10.7. The molecule has 0 saturated carbocycles. The number of rotatable bonds is 3. The van der Waals surface area contributed by atoms with Crippen molar-refractivity contribution in [3.8, 4) is 0 Å². The Morgan fingerprint density at radius 2 is 2.06 bits per heavy atom. The maximum Gasteiger partial charge on any atom is 0.356 e. The van der Waals surface area contributed by atoms with Gasteiger partial charge in [-0.25, -0.2) is 14.8 Å². The zero-order chi connectivity index (χ0) is 12.3. The van der Waals surface area contributed by atoms with Crippen LogP contribution in [0.1, 0.15) is 10.5 Å². The van der Waals surface area contributed by atoms with Crippen LogP contribution in [0.5, 0.6) is 0 Å². The highest BCUT2D eigenvalue weighted by molar-refractivity contribution is 5.85. The summed E-state index contributed by atoms with van der Waals surface area (Å²) in [6.07, 6.45) is 2.75. The second-order valence-electron chi connectivity index (χ2n) is 4.00. The van der Waals surface area contributed by atoms with Crippen LogP contribution in [0, 0.1) is 0 Å². The van der Waals surface area contributed by atoms with Crippen molar-refractivity contribution in [2.24, 2.45) is 0 Å². The number of hydrazine groups is 1. The standard InChI is InChI=1S/C10H15N5O2/c1-14-2-4-15(5-3-14)13-9-7-11-6-8(12-9)10(16)17/h6-7H,2-5H2,1H3,(H,12,13)(H,16,17). The van der Waals surface area contributed by atoms with Gasteiger partial charge in [-0.15, -0.1) is 0 Å². The summed E-state index contributed by atoms with van der Waals surface area (Å²) in [5.74, 6) is -0.603. The van der Waals surface area contributed by atoms with E-state index in [0.717, 1.165) is 26.2 Å². The lowest BCUT2D eigenvalue weighted by molar-refractivity contribution is 0.0690. The third-order valence-electron chi connectivity index (χ3n) is 2.63. The van der Waals surface area contributed by atoms with E-state index in [9.17, 15) is 4.79 Å². The second-order valence-corrected chi connectivity index (χ2v) is 4.00. The topological polar surface area (TPSA) is 81.6 Å². The van der Waals surface area contributed by atoms with Crippen molar-refractivity contribution in [2.45, 2.75) is 0 Å². The van der Waals surface area contributed by atoms with Crippen molar-refractivity contribution in [3.63, 3.8) is 0 Å². The Hall–Kier alpha value is -1.73. The lowest BCUT2D eigenvalue weighted by Crippen LogP contribution is -2.47. The summed E-state index contributed by atoms with van der Waals surface area (Å²) in [5, 5.41) is 10.8. The van der Waals surface area contributed by atoms with E-state index >= 15 is 0 Å². The van der Waals surface area contributed by atoms with E-state index in [0.29, 0.717) is 5.82 Å². The van der Waals surface area contributed by atoms with E-state index in [-0.39, 0.29) is 5.69 Å². The molecule has 0 atom stereocenters. The number of nitrogens with one attached hydrogen (secondary N) is 1. The summed E-state index contributed by atoms with van der Waals surface area (Å²) >= 11 is 0. The monoisotopic (exact) mass is 237 g/mol. The van der Waals surface area contributed by atoms with Gasteiger partial charge in [-0.3, -0.25) is 4.98 Å². The summed E-state index contributed by atoms with van der Waals surface area (Å²) in [4.78, 5) is 20.8. The van der Waals surface area contributed by atoms with E-state index in [1.807, 2.05) is 5.01 Å². The predicted octanol–water partition coefficient (Wildman–Crippen LogP) is -0.251. The molecule has 1 aromatic heterocycles. The van der Waals surface area contributed by atoms with Crippen LogP contribution in [-0.2, 0) is 0 Å². The second kappa shape index (κ2) is 5.07. The van der Waals surface area contributed by atoms with Crippen molar-refractivity contribution < 1.29 is 9.90 Å². The average molecular weight is 237 g/mol. The lowest BCUT2D eigenvalue weighted by Gasteiger charge is -2.32. The van der Waals surface area contributed by atoms with Gasteiger partial charge in [0.1, 0.15) is 0 Å². The molecule has 1 aliphatic heterocycles. The predicted molar refractivity (Wildman–Crippen MR) is 61.7 cm³/mol. The minimum atomic E-state index is -1.07. The van der Waals surface area contributed by atoms with Crippen molar-refractivity contribution >= 4 is 11.8 Å². The molecule has 2 rings (SSSR count). The Bertz CT molecular complexity index is 403. The van der Waals surface area contributed by atoms with E-state index < -0.39 is 5.97 Å². The fraction of sp³-hybridized carbons (Fsp3) is 0.500. The zero-order valence-electron chi connectivity index (χ0n) is 9.63. The summed E-state index contributed by atoms with van der Waals surface area (Å²) in [7, 11) is 2.07. The first-order valence-corrected chi connectivity index (χ1v) is 5.40. The first kappa shape index (κ1) is 11.7. The molecule has 2 N–H and O–H groups in total. The van der Waals surface area contributed by atoms with E-state index in [2.05, 4.69) is 27.3 Å². The van der Waals surface area contributed by atoms with Crippen LogP contribution >= 0.6 is 0 Å². The SMILES string of the molecule is CN1CCN(Nc2cncc(C(=O)O)n2)CC1. The minimum absolute atomic E-state index is 0.0517. The number of carbonyl (C=O) groups is 1. The van der Waals surface area contributed by atoms with Gasteiger partial charge in [0, 0.05) is 26.2 Å². The van der Waals surface area contributed by atoms with Crippen LogP contribution in [0.2, 0.25) is 0 Å². The van der Waals surface area contributed by atoms with Crippen molar-refractivity contribution in [1.29, 1.82) is 0 Å². The molecule has 92 valence electrons. The number of anilines is 1. The highest BCUT2D eigenvalue weighted by Crippen LogP contribution is 2.06. The molecular weight excluding hydrogens is 222 g/mol. The number of carboxylic acid groups (broad SMARTS) is 1. The third-order valence-corrected chi connectivity index (χ3v) is 2.63. The fourth-order valence-electron chi connectivity index (χ4n) is 1.60. The van der Waals surface area contributed by atoms with Crippen LogP contribution in [0.25, 0.3) is 0 Å². The molecule has 0 bridgehead atoms. The van der Waals surface area contributed by atoms with Crippen molar-refractivity contribution in [3.05, 3.63) is 18.1 Å². The normalized spacial score (nSPS) is 17.9. The molecular formula is C10H15N5O2. The minimum Gasteiger partial charge on any atom is -0.476 e. The van der Waals surface area contributed by atoms with Crippen LogP contribution in [0.4, 0.5) is 5.82 Å². The number of hydrogen-bond donors (Lipinski definition) is 2. The van der Waals surface area contributed by atoms with Gasteiger partial charge in [-0.2, -0.15) is 0 Å². The number of carboxylic acids is 1. The number of piperazine rings is 1. The van der Waals surface area contributed by atoms with Gasteiger partial charge in [0.25, 0.3) is 0 Å². The number of likely N-dealkylation sites (N-methyl/N-ethyl adjacent to an activating group) is 1. The van der Waals surface area contributed by atoms with Gasteiger partial charge in [0.2, 0.25) is 0 Å². The first-order chi connectivity index (χ1) is 8.15. The van der Waals surface area contributed by atoms with Crippen LogP contribution in [0.3, 0.4) is 0 Å². The molecule has 1 aliphatic rings. The molecule has 1 aromatic rings. The molecule has 0 spiro atoms. The molecule has 7 nitrogen and oxygen atoms in total. The Morgan fingerprint density at radius 1 is 1.35 bits per heavy atom. The lowest BCUT2D eigenvalue weighted by atomic mass is 10.4. The summed E-state index contributed by atoms with van der Waals surface area (Å²) in [5.41, 5.74) is 3.01. The molecule has 0 amide bonds. The smallest absolute Gasteiger partial charge is 0.356 e. The highest BCUT2D eigenvalue weighted by atomic mass is 16.4. The van der Waals surface area contributed by atoms with Crippen LogP contribution in [0.15, 0.2) is 12.4 Å². The highest BCUT2D eigenvalue weighted by Gasteiger charge is 2.14. The largest absolute Gasteiger partial charge is 0.476 e. The quantitative estimate of drug-likeness (QED) is 0.750. The van der Waals surface area contributed by atoms with Crippen LogP contribution < -0.4 is 5.43 Å².